The lowest BCUT2D eigenvalue weighted by Crippen LogP contribution is -2.42. The quantitative estimate of drug-likeness (QED) is 0.864. The molecule has 1 amide bonds. The fraction of sp³-hybridized carbons (Fsp3) is 0.533. The maximum Gasteiger partial charge on any atom is 0.231 e. The average molecular weight is 342 g/mol. The van der Waals surface area contributed by atoms with E-state index < -0.39 is 0 Å². The van der Waals surface area contributed by atoms with Gasteiger partial charge in [-0.05, 0) is 30.5 Å². The van der Waals surface area contributed by atoms with Crippen molar-refractivity contribution in [3.8, 4) is 5.75 Å². The lowest BCUT2D eigenvalue weighted by Gasteiger charge is -2.23. The minimum absolute atomic E-state index is 0.0105. The average Bonchev–Trinajstić information content (AvgIpc) is 2.80. The summed E-state index contributed by atoms with van der Waals surface area (Å²) in [6.45, 7) is 4.53. The molecule has 0 aliphatic carbocycles. The number of nitrogens with one attached hydrogen (secondary N) is 1. The van der Waals surface area contributed by atoms with Crippen LogP contribution in [0.25, 0.3) is 0 Å². The SMILES string of the molecule is CC(C)C(CCO)NC(=O)C1COc2ccc(Br)cc21. The summed E-state index contributed by atoms with van der Waals surface area (Å²) < 4.78 is 6.50. The lowest BCUT2D eigenvalue weighted by atomic mass is 9.97. The first-order valence-corrected chi connectivity index (χ1v) is 7.65. The third-order valence-electron chi connectivity index (χ3n) is 3.64. The van der Waals surface area contributed by atoms with E-state index in [4.69, 9.17) is 9.84 Å². The molecule has 110 valence electrons. The summed E-state index contributed by atoms with van der Waals surface area (Å²) in [4.78, 5) is 12.4. The second kappa shape index (κ2) is 6.59. The predicted molar refractivity (Wildman–Crippen MR) is 80.8 cm³/mol. The van der Waals surface area contributed by atoms with Gasteiger partial charge in [0.25, 0.3) is 0 Å². The van der Waals surface area contributed by atoms with E-state index in [0.29, 0.717) is 13.0 Å². The normalized spacial score (nSPS) is 18.6. The van der Waals surface area contributed by atoms with Crippen molar-refractivity contribution < 1.29 is 14.6 Å². The summed E-state index contributed by atoms with van der Waals surface area (Å²) in [7, 11) is 0. The molecule has 1 aliphatic heterocycles. The van der Waals surface area contributed by atoms with Crippen molar-refractivity contribution in [3.05, 3.63) is 28.2 Å². The number of carbonyl (C=O) groups is 1. The minimum Gasteiger partial charge on any atom is -0.492 e. The van der Waals surface area contributed by atoms with Crippen molar-refractivity contribution >= 4 is 21.8 Å². The first-order valence-electron chi connectivity index (χ1n) is 6.86. The number of carbonyl (C=O) groups excluding carboxylic acids is 1. The van der Waals surface area contributed by atoms with Crippen LogP contribution in [0.4, 0.5) is 0 Å². The van der Waals surface area contributed by atoms with Crippen LogP contribution in [-0.4, -0.2) is 30.3 Å². The lowest BCUT2D eigenvalue weighted by molar-refractivity contribution is -0.123. The number of aliphatic hydroxyl groups excluding tert-OH is 1. The van der Waals surface area contributed by atoms with Crippen LogP contribution < -0.4 is 10.1 Å². The van der Waals surface area contributed by atoms with Crippen LogP contribution in [0.3, 0.4) is 0 Å². The van der Waals surface area contributed by atoms with Gasteiger partial charge in [0.05, 0.1) is 0 Å². The maximum absolute atomic E-state index is 12.4. The smallest absolute Gasteiger partial charge is 0.231 e. The van der Waals surface area contributed by atoms with Crippen molar-refractivity contribution in [1.82, 2.24) is 5.32 Å². The number of benzene rings is 1. The first-order chi connectivity index (χ1) is 9.52. The zero-order chi connectivity index (χ0) is 14.7. The molecule has 1 aromatic carbocycles. The molecule has 0 fully saturated rings. The Bertz CT molecular complexity index is 490. The zero-order valence-corrected chi connectivity index (χ0v) is 13.3. The maximum atomic E-state index is 12.4. The van der Waals surface area contributed by atoms with Gasteiger partial charge in [0.15, 0.2) is 0 Å². The molecule has 1 aromatic rings. The predicted octanol–water partition coefficient (Wildman–Crippen LogP) is 2.45. The second-order valence-corrected chi connectivity index (χ2v) is 6.33. The number of amides is 1. The number of halogens is 1. The summed E-state index contributed by atoms with van der Waals surface area (Å²) in [6.07, 6.45) is 0.572. The molecular formula is C15H20BrNO3. The van der Waals surface area contributed by atoms with Crippen LogP contribution in [0.2, 0.25) is 0 Å². The molecule has 2 N–H and O–H groups in total. The summed E-state index contributed by atoms with van der Waals surface area (Å²) in [5, 5.41) is 12.1. The molecule has 1 heterocycles. The third kappa shape index (κ3) is 3.33. The molecular weight excluding hydrogens is 322 g/mol. The van der Waals surface area contributed by atoms with E-state index in [1.807, 2.05) is 32.0 Å². The van der Waals surface area contributed by atoms with Gasteiger partial charge in [0.2, 0.25) is 5.91 Å². The van der Waals surface area contributed by atoms with Crippen LogP contribution in [0, 0.1) is 5.92 Å². The Kier molecular flexibility index (Phi) is 5.05. The fourth-order valence-corrected chi connectivity index (χ4v) is 2.78. The van der Waals surface area contributed by atoms with Gasteiger partial charge in [-0.1, -0.05) is 29.8 Å². The van der Waals surface area contributed by atoms with Crippen molar-refractivity contribution in [2.45, 2.75) is 32.2 Å². The van der Waals surface area contributed by atoms with Crippen molar-refractivity contribution in [3.63, 3.8) is 0 Å². The summed E-state index contributed by atoms with van der Waals surface area (Å²) in [5.74, 6) is 0.753. The topological polar surface area (TPSA) is 58.6 Å². The Morgan fingerprint density at radius 1 is 1.55 bits per heavy atom. The van der Waals surface area contributed by atoms with E-state index in [1.165, 1.54) is 0 Å². The van der Waals surface area contributed by atoms with E-state index in [2.05, 4.69) is 21.2 Å². The van der Waals surface area contributed by atoms with E-state index in [1.54, 1.807) is 0 Å². The molecule has 5 heteroatoms. The van der Waals surface area contributed by atoms with Gasteiger partial charge < -0.3 is 15.2 Å². The number of hydrogen-bond acceptors (Lipinski definition) is 3. The highest BCUT2D eigenvalue weighted by atomic mass is 79.9. The molecule has 4 nitrogen and oxygen atoms in total. The number of fused-ring (bicyclic) bond motifs is 1. The van der Waals surface area contributed by atoms with Crippen molar-refractivity contribution in [2.75, 3.05) is 13.2 Å². The largest absolute Gasteiger partial charge is 0.492 e. The van der Waals surface area contributed by atoms with Crippen molar-refractivity contribution in [2.24, 2.45) is 5.92 Å². The van der Waals surface area contributed by atoms with Gasteiger partial charge in [-0.3, -0.25) is 4.79 Å². The monoisotopic (exact) mass is 341 g/mol. The van der Waals surface area contributed by atoms with Gasteiger partial charge in [-0.15, -0.1) is 0 Å². The molecule has 0 aromatic heterocycles. The van der Waals surface area contributed by atoms with Crippen LogP contribution in [0.1, 0.15) is 31.7 Å². The third-order valence-corrected chi connectivity index (χ3v) is 4.13. The van der Waals surface area contributed by atoms with Crippen LogP contribution in [0.5, 0.6) is 5.75 Å². The number of rotatable bonds is 5. The molecule has 0 saturated heterocycles. The zero-order valence-electron chi connectivity index (χ0n) is 11.7. The van der Waals surface area contributed by atoms with Crippen molar-refractivity contribution in [1.29, 1.82) is 0 Å². The molecule has 0 bridgehead atoms. The first kappa shape index (κ1) is 15.3. The van der Waals surface area contributed by atoms with Gasteiger partial charge in [0.1, 0.15) is 18.3 Å². The van der Waals surface area contributed by atoms with E-state index in [0.717, 1.165) is 15.8 Å². The molecule has 0 saturated carbocycles. The number of aliphatic hydroxyl groups is 1. The summed E-state index contributed by atoms with van der Waals surface area (Å²) in [5.41, 5.74) is 0.920. The number of ether oxygens (including phenoxy) is 1. The number of hydrogen-bond donors (Lipinski definition) is 2. The van der Waals surface area contributed by atoms with E-state index in [-0.39, 0.29) is 30.4 Å². The van der Waals surface area contributed by atoms with Gasteiger partial charge >= 0.3 is 0 Å². The standard InChI is InChI=1S/C15H20BrNO3/c1-9(2)13(5-6-18)17-15(19)12-8-20-14-4-3-10(16)7-11(12)14/h3-4,7,9,12-13,18H,5-6,8H2,1-2H3,(H,17,19). The van der Waals surface area contributed by atoms with Gasteiger partial charge in [-0.25, -0.2) is 0 Å². The van der Waals surface area contributed by atoms with Crippen LogP contribution >= 0.6 is 15.9 Å². The molecule has 0 spiro atoms. The Hall–Kier alpha value is -1.07. The highest BCUT2D eigenvalue weighted by Crippen LogP contribution is 2.36. The molecule has 20 heavy (non-hydrogen) atoms. The Balaban J connectivity index is 2.10. The molecule has 2 atom stereocenters. The Morgan fingerprint density at radius 2 is 2.30 bits per heavy atom. The van der Waals surface area contributed by atoms with Gasteiger partial charge in [0, 0.05) is 22.7 Å². The second-order valence-electron chi connectivity index (χ2n) is 5.42. The highest BCUT2D eigenvalue weighted by Gasteiger charge is 2.32. The molecule has 2 unspecified atom stereocenters. The molecule has 0 radical (unpaired) electrons. The molecule has 1 aliphatic rings. The van der Waals surface area contributed by atoms with E-state index in [9.17, 15) is 4.79 Å². The fourth-order valence-electron chi connectivity index (χ4n) is 2.40. The summed E-state index contributed by atoms with van der Waals surface area (Å²) in [6, 6.07) is 5.70. The minimum atomic E-state index is -0.276. The highest BCUT2D eigenvalue weighted by molar-refractivity contribution is 9.10. The summed E-state index contributed by atoms with van der Waals surface area (Å²) >= 11 is 3.42. The van der Waals surface area contributed by atoms with Crippen LogP contribution in [-0.2, 0) is 4.79 Å². The Morgan fingerprint density at radius 3 is 2.95 bits per heavy atom. The Labute approximate surface area is 127 Å². The van der Waals surface area contributed by atoms with E-state index >= 15 is 0 Å². The van der Waals surface area contributed by atoms with Crippen LogP contribution in [0.15, 0.2) is 22.7 Å². The van der Waals surface area contributed by atoms with Gasteiger partial charge in [-0.2, -0.15) is 0 Å². The molecule has 2 rings (SSSR count).